The Balaban J connectivity index is 2.86. The number of pyridine rings is 1. The number of hydrogen-bond donors (Lipinski definition) is 1. The van der Waals surface area contributed by atoms with Crippen LogP contribution in [0.25, 0.3) is 0 Å². The molecule has 0 radical (unpaired) electrons. The van der Waals surface area contributed by atoms with Crippen LogP contribution >= 0.6 is 0 Å². The average Bonchev–Trinajstić information content (AvgIpc) is 2.21. The second-order valence-electron chi connectivity index (χ2n) is 3.78. The summed E-state index contributed by atoms with van der Waals surface area (Å²) < 4.78 is 0. The highest BCUT2D eigenvalue weighted by Crippen LogP contribution is 2.19. The van der Waals surface area contributed by atoms with Gasteiger partial charge in [0, 0.05) is 19.3 Å². The van der Waals surface area contributed by atoms with Gasteiger partial charge in [0.25, 0.3) is 0 Å². The van der Waals surface area contributed by atoms with Gasteiger partial charge in [0.05, 0.1) is 17.7 Å². The van der Waals surface area contributed by atoms with Crippen LogP contribution in [-0.2, 0) is 0 Å². The number of rotatable bonds is 3. The van der Waals surface area contributed by atoms with E-state index >= 15 is 0 Å². The van der Waals surface area contributed by atoms with Crippen LogP contribution in [-0.4, -0.2) is 18.6 Å². The third-order valence-electron chi connectivity index (χ3n) is 2.17. The van der Waals surface area contributed by atoms with Gasteiger partial charge in [-0.25, -0.2) is 4.98 Å². The molecule has 1 aromatic rings. The SMILES string of the molecule is Cc1ccc(N)c(N(C)CC(C)C#N)n1. The molecular formula is C11H16N4. The molecule has 1 rings (SSSR count). The summed E-state index contributed by atoms with van der Waals surface area (Å²) in [5, 5.41) is 8.73. The fourth-order valence-electron chi connectivity index (χ4n) is 1.40. The fraction of sp³-hybridized carbons (Fsp3) is 0.455. The van der Waals surface area contributed by atoms with Gasteiger partial charge in [-0.15, -0.1) is 0 Å². The topological polar surface area (TPSA) is 65.9 Å². The van der Waals surface area contributed by atoms with Gasteiger partial charge in [0.2, 0.25) is 0 Å². The molecule has 0 spiro atoms. The molecule has 0 bridgehead atoms. The molecule has 0 aliphatic rings. The highest BCUT2D eigenvalue weighted by Gasteiger charge is 2.10. The van der Waals surface area contributed by atoms with Crippen LogP contribution in [0.5, 0.6) is 0 Å². The molecule has 0 amide bonds. The van der Waals surface area contributed by atoms with Crippen LogP contribution < -0.4 is 10.6 Å². The van der Waals surface area contributed by atoms with Crippen LogP contribution in [0.2, 0.25) is 0 Å². The number of hydrogen-bond acceptors (Lipinski definition) is 4. The molecule has 0 fully saturated rings. The maximum atomic E-state index is 8.73. The van der Waals surface area contributed by atoms with Gasteiger partial charge >= 0.3 is 0 Å². The molecule has 4 nitrogen and oxygen atoms in total. The number of aryl methyl sites for hydroxylation is 1. The van der Waals surface area contributed by atoms with E-state index < -0.39 is 0 Å². The van der Waals surface area contributed by atoms with E-state index in [-0.39, 0.29) is 5.92 Å². The second-order valence-corrected chi connectivity index (χ2v) is 3.78. The summed E-state index contributed by atoms with van der Waals surface area (Å²) in [6.07, 6.45) is 0. The Bertz CT molecular complexity index is 381. The zero-order valence-electron chi connectivity index (χ0n) is 9.36. The highest BCUT2D eigenvalue weighted by atomic mass is 15.2. The van der Waals surface area contributed by atoms with Crippen LogP contribution in [0.1, 0.15) is 12.6 Å². The van der Waals surface area contributed by atoms with E-state index in [1.165, 1.54) is 0 Å². The predicted molar refractivity (Wildman–Crippen MR) is 61.4 cm³/mol. The summed E-state index contributed by atoms with van der Waals surface area (Å²) in [6.45, 7) is 4.43. The molecule has 0 aromatic carbocycles. The van der Waals surface area contributed by atoms with Crippen molar-refractivity contribution in [2.75, 3.05) is 24.2 Å². The Morgan fingerprint density at radius 2 is 2.27 bits per heavy atom. The maximum Gasteiger partial charge on any atom is 0.151 e. The molecule has 1 unspecified atom stereocenters. The summed E-state index contributed by atoms with van der Waals surface area (Å²) in [5.74, 6) is 0.716. The molecule has 1 atom stereocenters. The molecule has 80 valence electrons. The van der Waals surface area contributed by atoms with Gasteiger partial charge in [-0.1, -0.05) is 0 Å². The summed E-state index contributed by atoms with van der Waals surface area (Å²) in [5.41, 5.74) is 7.39. The van der Waals surface area contributed by atoms with Crippen molar-refractivity contribution < 1.29 is 0 Å². The van der Waals surface area contributed by atoms with Crippen molar-refractivity contribution in [1.82, 2.24) is 4.98 Å². The molecule has 0 saturated carbocycles. The normalized spacial score (nSPS) is 11.9. The van der Waals surface area contributed by atoms with Crippen molar-refractivity contribution in [3.05, 3.63) is 17.8 Å². The Hall–Kier alpha value is -1.76. The first kappa shape index (κ1) is 11.3. The number of nitriles is 1. The second kappa shape index (κ2) is 4.65. The van der Waals surface area contributed by atoms with E-state index in [0.717, 1.165) is 11.5 Å². The number of nitrogens with two attached hydrogens (primary N) is 1. The van der Waals surface area contributed by atoms with E-state index in [0.29, 0.717) is 12.2 Å². The quantitative estimate of drug-likeness (QED) is 0.811. The molecule has 2 N–H and O–H groups in total. The lowest BCUT2D eigenvalue weighted by atomic mass is 10.2. The third-order valence-corrected chi connectivity index (χ3v) is 2.17. The molecule has 15 heavy (non-hydrogen) atoms. The minimum atomic E-state index is -0.0308. The average molecular weight is 204 g/mol. The monoisotopic (exact) mass is 204 g/mol. The minimum Gasteiger partial charge on any atom is -0.396 e. The lowest BCUT2D eigenvalue weighted by Crippen LogP contribution is -2.25. The van der Waals surface area contributed by atoms with Gasteiger partial charge in [-0.3, -0.25) is 0 Å². The van der Waals surface area contributed by atoms with Gasteiger partial charge in [0.1, 0.15) is 0 Å². The van der Waals surface area contributed by atoms with E-state index in [4.69, 9.17) is 11.0 Å². The van der Waals surface area contributed by atoms with Crippen LogP contribution in [0.3, 0.4) is 0 Å². The van der Waals surface area contributed by atoms with E-state index in [1.54, 1.807) is 0 Å². The summed E-state index contributed by atoms with van der Waals surface area (Å²) in [7, 11) is 1.89. The van der Waals surface area contributed by atoms with Crippen LogP contribution in [0.4, 0.5) is 11.5 Å². The summed E-state index contributed by atoms with van der Waals surface area (Å²) in [4.78, 5) is 6.26. The van der Waals surface area contributed by atoms with Gasteiger partial charge in [0.15, 0.2) is 5.82 Å². The summed E-state index contributed by atoms with van der Waals surface area (Å²) in [6, 6.07) is 5.90. The lowest BCUT2D eigenvalue weighted by Gasteiger charge is -2.21. The standard InChI is InChI=1S/C11H16N4/c1-8(6-12)7-15(3)11-10(13)5-4-9(2)14-11/h4-5,8H,7,13H2,1-3H3. The van der Waals surface area contributed by atoms with E-state index in [9.17, 15) is 0 Å². The zero-order valence-corrected chi connectivity index (χ0v) is 9.36. The molecule has 0 aliphatic carbocycles. The first-order chi connectivity index (χ1) is 7.04. The predicted octanol–water partition coefficient (Wildman–Crippen LogP) is 1.57. The largest absolute Gasteiger partial charge is 0.396 e. The molecule has 1 heterocycles. The van der Waals surface area contributed by atoms with Gasteiger partial charge < -0.3 is 10.6 Å². The van der Waals surface area contributed by atoms with Crippen LogP contribution in [0, 0.1) is 24.2 Å². The third kappa shape index (κ3) is 2.84. The number of anilines is 2. The molecule has 0 saturated heterocycles. The van der Waals surface area contributed by atoms with Crippen molar-refractivity contribution >= 4 is 11.5 Å². The fourth-order valence-corrected chi connectivity index (χ4v) is 1.40. The highest BCUT2D eigenvalue weighted by molar-refractivity contribution is 5.62. The molecule has 4 heteroatoms. The van der Waals surface area contributed by atoms with Gasteiger partial charge in [-0.2, -0.15) is 5.26 Å². The number of aromatic nitrogens is 1. The first-order valence-corrected chi connectivity index (χ1v) is 4.88. The Labute approximate surface area is 90.3 Å². The van der Waals surface area contributed by atoms with Crippen molar-refractivity contribution in [3.8, 4) is 6.07 Å². The molecule has 0 aliphatic heterocycles. The van der Waals surface area contributed by atoms with Gasteiger partial charge in [-0.05, 0) is 26.0 Å². The van der Waals surface area contributed by atoms with E-state index in [1.807, 2.05) is 37.9 Å². The zero-order chi connectivity index (χ0) is 11.4. The molecule has 1 aromatic heterocycles. The lowest BCUT2D eigenvalue weighted by molar-refractivity contribution is 0.710. The Kier molecular flexibility index (Phi) is 3.51. The number of nitrogen functional groups attached to an aromatic ring is 1. The Morgan fingerprint density at radius 1 is 1.60 bits per heavy atom. The summed E-state index contributed by atoms with van der Waals surface area (Å²) >= 11 is 0. The van der Waals surface area contributed by atoms with E-state index in [2.05, 4.69) is 11.1 Å². The van der Waals surface area contributed by atoms with Crippen molar-refractivity contribution in [2.24, 2.45) is 5.92 Å². The van der Waals surface area contributed by atoms with Crippen molar-refractivity contribution in [1.29, 1.82) is 5.26 Å². The van der Waals surface area contributed by atoms with Crippen molar-refractivity contribution in [2.45, 2.75) is 13.8 Å². The maximum absolute atomic E-state index is 8.73. The minimum absolute atomic E-state index is 0.0308. The number of nitrogens with zero attached hydrogens (tertiary/aromatic N) is 3. The first-order valence-electron chi connectivity index (χ1n) is 4.88. The smallest absolute Gasteiger partial charge is 0.151 e. The van der Waals surface area contributed by atoms with Crippen molar-refractivity contribution in [3.63, 3.8) is 0 Å². The molecular weight excluding hydrogens is 188 g/mol. The van der Waals surface area contributed by atoms with Crippen LogP contribution in [0.15, 0.2) is 12.1 Å². The Morgan fingerprint density at radius 3 is 2.87 bits per heavy atom.